The van der Waals surface area contributed by atoms with Gasteiger partial charge in [0.2, 0.25) is 5.91 Å². The normalized spacial score (nSPS) is 10.6. The number of hydrogen-bond donors (Lipinski definition) is 2. The number of hydrogen-bond acceptors (Lipinski definition) is 7. The topological polar surface area (TPSA) is 101 Å². The molecule has 0 saturated carbocycles. The highest BCUT2D eigenvalue weighted by Gasteiger charge is 2.14. The van der Waals surface area contributed by atoms with Crippen molar-refractivity contribution in [3.63, 3.8) is 0 Å². The molecule has 0 bridgehead atoms. The van der Waals surface area contributed by atoms with Crippen LogP contribution in [0.5, 0.6) is 0 Å². The van der Waals surface area contributed by atoms with Gasteiger partial charge in [-0.1, -0.05) is 23.9 Å². The minimum atomic E-state index is -0.530. The standard InChI is InChI=1S/C16H13N3O4S2/c1-23-15(22)9-4-2-3-5-10(9)17-12(20)8-25-16-18-11-6-7-24-13(11)14(21)19-16/h2-7H,8H2,1H3,(H,17,20)(H,18,19,21). The van der Waals surface area contributed by atoms with Crippen LogP contribution in [-0.4, -0.2) is 34.7 Å². The van der Waals surface area contributed by atoms with E-state index in [2.05, 4.69) is 15.3 Å². The number of aromatic nitrogens is 2. The summed E-state index contributed by atoms with van der Waals surface area (Å²) in [6.45, 7) is 0. The van der Waals surface area contributed by atoms with Crippen LogP contribution in [0.25, 0.3) is 10.2 Å². The van der Waals surface area contributed by atoms with Gasteiger partial charge in [-0.05, 0) is 23.6 Å². The van der Waals surface area contributed by atoms with E-state index in [1.54, 1.807) is 35.7 Å². The molecule has 2 aromatic heterocycles. The number of fused-ring (bicyclic) bond motifs is 1. The monoisotopic (exact) mass is 375 g/mol. The lowest BCUT2D eigenvalue weighted by Gasteiger charge is -2.09. The summed E-state index contributed by atoms with van der Waals surface area (Å²) in [6.07, 6.45) is 0. The molecule has 0 unspecified atom stereocenters. The second-order valence-corrected chi connectivity index (χ2v) is 6.76. The molecule has 3 aromatic rings. The molecule has 9 heteroatoms. The number of aromatic amines is 1. The van der Waals surface area contributed by atoms with E-state index in [1.807, 2.05) is 0 Å². The Morgan fingerprint density at radius 3 is 2.92 bits per heavy atom. The molecule has 0 spiro atoms. The van der Waals surface area contributed by atoms with Gasteiger partial charge in [-0.15, -0.1) is 11.3 Å². The molecule has 0 fully saturated rings. The van der Waals surface area contributed by atoms with Crippen molar-refractivity contribution in [2.75, 3.05) is 18.2 Å². The quantitative estimate of drug-likeness (QED) is 0.404. The zero-order chi connectivity index (χ0) is 17.8. The number of amides is 1. The lowest BCUT2D eigenvalue weighted by molar-refractivity contribution is -0.113. The maximum Gasteiger partial charge on any atom is 0.339 e. The number of methoxy groups -OCH3 is 1. The molecule has 0 atom stereocenters. The highest BCUT2D eigenvalue weighted by molar-refractivity contribution is 7.99. The number of esters is 1. The number of rotatable bonds is 5. The summed E-state index contributed by atoms with van der Waals surface area (Å²) in [5.74, 6) is -0.819. The fourth-order valence-corrected chi connectivity index (χ4v) is 3.51. The van der Waals surface area contributed by atoms with Crippen molar-refractivity contribution >= 4 is 50.9 Å². The van der Waals surface area contributed by atoms with Crippen LogP contribution in [0.3, 0.4) is 0 Å². The van der Waals surface area contributed by atoms with Crippen LogP contribution in [0.2, 0.25) is 0 Å². The number of thioether (sulfide) groups is 1. The maximum absolute atomic E-state index is 12.1. The molecule has 0 aliphatic heterocycles. The molecule has 3 rings (SSSR count). The first-order chi connectivity index (χ1) is 12.1. The van der Waals surface area contributed by atoms with Gasteiger partial charge < -0.3 is 15.0 Å². The van der Waals surface area contributed by atoms with Crippen LogP contribution in [0.4, 0.5) is 5.69 Å². The molecule has 0 aliphatic rings. The number of benzene rings is 1. The van der Waals surface area contributed by atoms with E-state index in [-0.39, 0.29) is 22.8 Å². The summed E-state index contributed by atoms with van der Waals surface area (Å²) in [6, 6.07) is 8.33. The van der Waals surface area contributed by atoms with Gasteiger partial charge in [-0.25, -0.2) is 9.78 Å². The number of nitrogens with one attached hydrogen (secondary N) is 2. The fraction of sp³-hybridized carbons (Fsp3) is 0.125. The molecule has 1 amide bonds. The van der Waals surface area contributed by atoms with Crippen molar-refractivity contribution in [3.05, 3.63) is 51.6 Å². The van der Waals surface area contributed by atoms with E-state index >= 15 is 0 Å². The molecule has 0 saturated heterocycles. The molecule has 25 heavy (non-hydrogen) atoms. The smallest absolute Gasteiger partial charge is 0.339 e. The van der Waals surface area contributed by atoms with Gasteiger partial charge in [0, 0.05) is 0 Å². The van der Waals surface area contributed by atoms with Crippen molar-refractivity contribution in [1.29, 1.82) is 0 Å². The maximum atomic E-state index is 12.1. The van der Waals surface area contributed by atoms with Crippen molar-refractivity contribution in [1.82, 2.24) is 9.97 Å². The third kappa shape index (κ3) is 3.89. The molecule has 128 valence electrons. The van der Waals surface area contributed by atoms with Gasteiger partial charge >= 0.3 is 5.97 Å². The molecule has 2 heterocycles. The summed E-state index contributed by atoms with van der Waals surface area (Å²) in [7, 11) is 1.28. The number of H-pyrrole nitrogens is 1. The first kappa shape index (κ1) is 17.2. The van der Waals surface area contributed by atoms with E-state index < -0.39 is 5.97 Å². The number of carbonyl (C=O) groups is 2. The van der Waals surface area contributed by atoms with Gasteiger partial charge in [-0.2, -0.15) is 0 Å². The SMILES string of the molecule is COC(=O)c1ccccc1NC(=O)CSc1nc2ccsc2c(=O)[nH]1. The van der Waals surface area contributed by atoms with Crippen molar-refractivity contribution in [2.45, 2.75) is 5.16 Å². The molecule has 1 aromatic carbocycles. The Morgan fingerprint density at radius 2 is 2.12 bits per heavy atom. The minimum absolute atomic E-state index is 0.0358. The first-order valence-electron chi connectivity index (χ1n) is 7.16. The molecule has 0 radical (unpaired) electrons. The van der Waals surface area contributed by atoms with Gasteiger partial charge in [0.15, 0.2) is 5.16 Å². The van der Waals surface area contributed by atoms with E-state index in [1.165, 1.54) is 18.4 Å². The van der Waals surface area contributed by atoms with Crippen LogP contribution in [-0.2, 0) is 9.53 Å². The molecular formula is C16H13N3O4S2. The summed E-state index contributed by atoms with van der Waals surface area (Å²) in [5.41, 5.74) is 1.02. The Kier molecular flexibility index (Phi) is 5.15. The van der Waals surface area contributed by atoms with Crippen LogP contribution < -0.4 is 10.9 Å². The average Bonchev–Trinajstić information content (AvgIpc) is 3.09. The number of anilines is 1. The number of ether oxygens (including phenoxy) is 1. The predicted molar refractivity (Wildman–Crippen MR) is 97.4 cm³/mol. The molecule has 2 N–H and O–H groups in total. The van der Waals surface area contributed by atoms with Crippen LogP contribution >= 0.6 is 23.1 Å². The van der Waals surface area contributed by atoms with Gasteiger partial charge in [0.05, 0.1) is 29.6 Å². The Bertz CT molecular complexity index is 996. The highest BCUT2D eigenvalue weighted by Crippen LogP contribution is 2.20. The first-order valence-corrected chi connectivity index (χ1v) is 9.02. The molecule has 0 aliphatic carbocycles. The second kappa shape index (κ2) is 7.49. The largest absolute Gasteiger partial charge is 0.465 e. The van der Waals surface area contributed by atoms with Crippen LogP contribution in [0.1, 0.15) is 10.4 Å². The molecular weight excluding hydrogens is 362 g/mol. The zero-order valence-electron chi connectivity index (χ0n) is 13.1. The number of para-hydroxylation sites is 1. The highest BCUT2D eigenvalue weighted by atomic mass is 32.2. The summed E-state index contributed by atoms with van der Waals surface area (Å²) < 4.78 is 5.25. The Balaban J connectivity index is 1.69. The Morgan fingerprint density at radius 1 is 1.32 bits per heavy atom. The lowest BCUT2D eigenvalue weighted by atomic mass is 10.2. The summed E-state index contributed by atoms with van der Waals surface area (Å²) >= 11 is 2.43. The van der Waals surface area contributed by atoms with Crippen molar-refractivity contribution < 1.29 is 14.3 Å². The van der Waals surface area contributed by atoms with Gasteiger partial charge in [-0.3, -0.25) is 9.59 Å². The van der Waals surface area contributed by atoms with Crippen molar-refractivity contribution in [3.8, 4) is 0 Å². The number of thiophene rings is 1. The zero-order valence-corrected chi connectivity index (χ0v) is 14.7. The van der Waals surface area contributed by atoms with E-state index in [4.69, 9.17) is 4.74 Å². The van der Waals surface area contributed by atoms with E-state index in [9.17, 15) is 14.4 Å². The van der Waals surface area contributed by atoms with Gasteiger partial charge in [0.25, 0.3) is 5.56 Å². The van der Waals surface area contributed by atoms with Crippen LogP contribution in [0.15, 0.2) is 45.7 Å². The fourth-order valence-electron chi connectivity index (χ4n) is 2.12. The number of carbonyl (C=O) groups excluding carboxylic acids is 2. The summed E-state index contributed by atoms with van der Waals surface area (Å²) in [4.78, 5) is 42.7. The van der Waals surface area contributed by atoms with Crippen molar-refractivity contribution in [2.24, 2.45) is 0 Å². The van der Waals surface area contributed by atoms with E-state index in [0.717, 1.165) is 11.8 Å². The molecule has 7 nitrogen and oxygen atoms in total. The number of nitrogens with zero attached hydrogens (tertiary/aromatic N) is 1. The summed E-state index contributed by atoms with van der Waals surface area (Å²) in [5, 5.41) is 4.82. The van der Waals surface area contributed by atoms with Gasteiger partial charge in [0.1, 0.15) is 4.70 Å². The third-order valence-electron chi connectivity index (χ3n) is 3.24. The lowest BCUT2D eigenvalue weighted by Crippen LogP contribution is -2.17. The van der Waals surface area contributed by atoms with Crippen LogP contribution in [0, 0.1) is 0 Å². The van der Waals surface area contributed by atoms with E-state index in [0.29, 0.717) is 21.1 Å². The Labute approximate surface area is 150 Å². The minimum Gasteiger partial charge on any atom is -0.465 e. The second-order valence-electron chi connectivity index (χ2n) is 4.88. The predicted octanol–water partition coefficient (Wildman–Crippen LogP) is 2.50. The third-order valence-corrected chi connectivity index (χ3v) is 5.02. The Hall–Kier alpha value is -2.65. The average molecular weight is 375 g/mol.